The van der Waals surface area contributed by atoms with E-state index in [2.05, 4.69) is 11.0 Å². The number of piperidine rings is 1. The van der Waals surface area contributed by atoms with Gasteiger partial charge in [0, 0.05) is 29.4 Å². The van der Waals surface area contributed by atoms with Crippen molar-refractivity contribution in [3.63, 3.8) is 0 Å². The summed E-state index contributed by atoms with van der Waals surface area (Å²) in [5.74, 6) is 0.0267. The molecule has 1 saturated heterocycles. The molecule has 0 saturated carbocycles. The molecular formula is C20H20ClNO. The first-order valence-electron chi connectivity index (χ1n) is 8.05. The number of anilines is 1. The van der Waals surface area contributed by atoms with Gasteiger partial charge in [-0.3, -0.25) is 4.79 Å². The van der Waals surface area contributed by atoms with E-state index in [1.807, 2.05) is 48.5 Å². The van der Waals surface area contributed by atoms with Crippen LogP contribution in [0.15, 0.2) is 54.6 Å². The second-order valence-electron chi connectivity index (χ2n) is 5.85. The summed E-state index contributed by atoms with van der Waals surface area (Å²) >= 11 is 5.87. The summed E-state index contributed by atoms with van der Waals surface area (Å²) in [4.78, 5) is 14.8. The third kappa shape index (κ3) is 4.23. The Bertz CT molecular complexity index is 700. The molecule has 2 aromatic rings. The van der Waals surface area contributed by atoms with Crippen molar-refractivity contribution in [2.24, 2.45) is 0 Å². The van der Waals surface area contributed by atoms with Gasteiger partial charge in [-0.15, -0.1) is 0 Å². The Morgan fingerprint density at radius 1 is 1.00 bits per heavy atom. The first-order chi connectivity index (χ1) is 11.2. The molecule has 0 N–H and O–H groups in total. The van der Waals surface area contributed by atoms with E-state index >= 15 is 0 Å². The quantitative estimate of drug-likeness (QED) is 0.567. The molecule has 2 nitrogen and oxygen atoms in total. The molecule has 118 valence electrons. The van der Waals surface area contributed by atoms with Crippen LogP contribution in [0.3, 0.4) is 0 Å². The van der Waals surface area contributed by atoms with Gasteiger partial charge in [-0.1, -0.05) is 41.9 Å². The molecule has 1 heterocycles. The highest BCUT2D eigenvalue weighted by atomic mass is 35.5. The molecular weight excluding hydrogens is 306 g/mol. The van der Waals surface area contributed by atoms with Crippen LogP contribution in [0.1, 0.15) is 35.2 Å². The molecule has 0 atom stereocenters. The average Bonchev–Trinajstić information content (AvgIpc) is 2.62. The first kappa shape index (κ1) is 15.8. The van der Waals surface area contributed by atoms with Gasteiger partial charge in [0.05, 0.1) is 0 Å². The maximum atomic E-state index is 12.4. The minimum atomic E-state index is 0.0267. The van der Waals surface area contributed by atoms with Crippen molar-refractivity contribution in [3.05, 3.63) is 70.8 Å². The predicted molar refractivity (Wildman–Crippen MR) is 97.3 cm³/mol. The SMILES string of the molecule is O=C(/C=C/c1ccc(Cl)cc1)c1cccc(N2CCCCC2)c1. The van der Waals surface area contributed by atoms with Gasteiger partial charge >= 0.3 is 0 Å². The van der Waals surface area contributed by atoms with Crippen LogP contribution >= 0.6 is 11.6 Å². The summed E-state index contributed by atoms with van der Waals surface area (Å²) in [6.07, 6.45) is 7.22. The van der Waals surface area contributed by atoms with Crippen molar-refractivity contribution in [1.29, 1.82) is 0 Å². The van der Waals surface area contributed by atoms with E-state index in [4.69, 9.17) is 11.6 Å². The Labute approximate surface area is 142 Å². The van der Waals surface area contributed by atoms with Crippen molar-refractivity contribution in [2.45, 2.75) is 19.3 Å². The van der Waals surface area contributed by atoms with Crippen molar-refractivity contribution in [1.82, 2.24) is 0 Å². The van der Waals surface area contributed by atoms with Gasteiger partial charge in [0.15, 0.2) is 5.78 Å². The minimum Gasteiger partial charge on any atom is -0.372 e. The summed E-state index contributed by atoms with van der Waals surface area (Å²) in [6.45, 7) is 2.16. The fraction of sp³-hybridized carbons (Fsp3) is 0.250. The van der Waals surface area contributed by atoms with Gasteiger partial charge in [0.25, 0.3) is 0 Å². The number of hydrogen-bond acceptors (Lipinski definition) is 2. The third-order valence-electron chi connectivity index (χ3n) is 4.15. The molecule has 0 amide bonds. The minimum absolute atomic E-state index is 0.0267. The monoisotopic (exact) mass is 325 g/mol. The van der Waals surface area contributed by atoms with Crippen LogP contribution in [0.2, 0.25) is 5.02 Å². The zero-order valence-electron chi connectivity index (χ0n) is 13.0. The van der Waals surface area contributed by atoms with Crippen molar-refractivity contribution >= 4 is 29.1 Å². The molecule has 0 aliphatic carbocycles. The number of hydrogen-bond donors (Lipinski definition) is 0. The van der Waals surface area contributed by atoms with E-state index in [1.54, 1.807) is 6.08 Å². The third-order valence-corrected chi connectivity index (χ3v) is 4.40. The number of allylic oxidation sites excluding steroid dienone is 1. The lowest BCUT2D eigenvalue weighted by molar-refractivity contribution is 0.104. The van der Waals surface area contributed by atoms with Crippen LogP contribution in [0.4, 0.5) is 5.69 Å². The van der Waals surface area contributed by atoms with Gasteiger partial charge in [-0.25, -0.2) is 0 Å². The molecule has 2 aromatic carbocycles. The van der Waals surface area contributed by atoms with Gasteiger partial charge in [0.2, 0.25) is 0 Å². The first-order valence-corrected chi connectivity index (χ1v) is 8.43. The van der Waals surface area contributed by atoms with Gasteiger partial charge in [0.1, 0.15) is 0 Å². The molecule has 23 heavy (non-hydrogen) atoms. The van der Waals surface area contributed by atoms with E-state index in [0.717, 1.165) is 29.9 Å². The number of halogens is 1. The lowest BCUT2D eigenvalue weighted by atomic mass is 10.1. The van der Waals surface area contributed by atoms with Gasteiger partial charge < -0.3 is 4.90 Å². The Balaban J connectivity index is 1.73. The number of carbonyl (C=O) groups excluding carboxylic acids is 1. The number of benzene rings is 2. The molecule has 3 heteroatoms. The Kier molecular flexibility index (Phi) is 5.14. The highest BCUT2D eigenvalue weighted by Crippen LogP contribution is 2.21. The number of nitrogens with zero attached hydrogens (tertiary/aromatic N) is 1. The van der Waals surface area contributed by atoms with Crippen molar-refractivity contribution < 1.29 is 4.79 Å². The van der Waals surface area contributed by atoms with Gasteiger partial charge in [-0.05, 0) is 55.2 Å². The molecule has 1 aliphatic rings. The second-order valence-corrected chi connectivity index (χ2v) is 6.28. The highest BCUT2D eigenvalue weighted by Gasteiger charge is 2.12. The van der Waals surface area contributed by atoms with Crippen molar-refractivity contribution in [3.8, 4) is 0 Å². The van der Waals surface area contributed by atoms with Crippen LogP contribution in [0.5, 0.6) is 0 Å². The average molecular weight is 326 g/mol. The Hall–Kier alpha value is -2.06. The molecule has 0 radical (unpaired) electrons. The van der Waals surface area contributed by atoms with Crippen LogP contribution in [0.25, 0.3) is 6.08 Å². The maximum absolute atomic E-state index is 12.4. The summed E-state index contributed by atoms with van der Waals surface area (Å²) in [5, 5.41) is 0.697. The topological polar surface area (TPSA) is 20.3 Å². The van der Waals surface area contributed by atoms with E-state index in [9.17, 15) is 4.79 Å². The molecule has 1 aliphatic heterocycles. The molecule has 3 rings (SSSR count). The van der Waals surface area contributed by atoms with Crippen molar-refractivity contribution in [2.75, 3.05) is 18.0 Å². The normalized spacial score (nSPS) is 15.1. The lowest BCUT2D eigenvalue weighted by Crippen LogP contribution is -2.29. The molecule has 1 fully saturated rings. The highest BCUT2D eigenvalue weighted by molar-refractivity contribution is 6.30. The lowest BCUT2D eigenvalue weighted by Gasteiger charge is -2.29. The zero-order valence-corrected chi connectivity index (χ0v) is 13.8. The van der Waals surface area contributed by atoms with Gasteiger partial charge in [-0.2, -0.15) is 0 Å². The van der Waals surface area contributed by atoms with Crippen LogP contribution in [-0.4, -0.2) is 18.9 Å². The Morgan fingerprint density at radius 3 is 2.48 bits per heavy atom. The van der Waals surface area contributed by atoms with E-state index < -0.39 is 0 Å². The van der Waals surface area contributed by atoms with Crippen LogP contribution in [-0.2, 0) is 0 Å². The summed E-state index contributed by atoms with van der Waals surface area (Å²) < 4.78 is 0. The Morgan fingerprint density at radius 2 is 1.74 bits per heavy atom. The molecule has 0 spiro atoms. The largest absolute Gasteiger partial charge is 0.372 e. The van der Waals surface area contributed by atoms with E-state index in [-0.39, 0.29) is 5.78 Å². The van der Waals surface area contributed by atoms with E-state index in [1.165, 1.54) is 19.3 Å². The smallest absolute Gasteiger partial charge is 0.185 e. The van der Waals surface area contributed by atoms with Crippen LogP contribution in [0, 0.1) is 0 Å². The summed E-state index contributed by atoms with van der Waals surface area (Å²) in [6, 6.07) is 15.4. The fourth-order valence-electron chi connectivity index (χ4n) is 2.85. The number of carbonyl (C=O) groups is 1. The van der Waals surface area contributed by atoms with E-state index in [0.29, 0.717) is 5.02 Å². The standard InChI is InChI=1S/C20H20ClNO/c21-18-10-7-16(8-11-18)9-12-20(23)17-5-4-6-19(15-17)22-13-2-1-3-14-22/h4-12,15H,1-3,13-14H2/b12-9+. The number of rotatable bonds is 4. The predicted octanol–water partition coefficient (Wildman–Crippen LogP) is 5.23. The molecule has 0 unspecified atom stereocenters. The molecule has 0 aromatic heterocycles. The second kappa shape index (κ2) is 7.47. The van der Waals surface area contributed by atoms with Crippen LogP contribution < -0.4 is 4.90 Å². The summed E-state index contributed by atoms with van der Waals surface area (Å²) in [5.41, 5.74) is 2.85. The molecule has 0 bridgehead atoms. The maximum Gasteiger partial charge on any atom is 0.185 e. The fourth-order valence-corrected chi connectivity index (χ4v) is 2.98. The number of ketones is 1. The summed E-state index contributed by atoms with van der Waals surface area (Å²) in [7, 11) is 0. The zero-order chi connectivity index (χ0) is 16.1.